The molecule has 0 saturated heterocycles. The minimum Gasteiger partial charge on any atom is -0.352 e. The summed E-state index contributed by atoms with van der Waals surface area (Å²) in [5.74, 6) is 0. The standard InChI is InChI=1S/C3H7N2O2/c1-2(6)5-3(4)7/h2H,1H3,(H3,4,5,7). The normalized spacial score (nSPS) is 12.9. The number of nitrogens with one attached hydrogen (secondary N) is 1. The maximum atomic E-state index is 9.93. The van der Waals surface area contributed by atoms with Gasteiger partial charge in [0, 0.05) is 0 Å². The van der Waals surface area contributed by atoms with E-state index >= 15 is 0 Å². The molecule has 1 radical (unpaired) electrons. The Hall–Kier alpha value is -0.770. The van der Waals surface area contributed by atoms with Crippen LogP contribution in [0, 0.1) is 0 Å². The van der Waals surface area contributed by atoms with Crippen molar-refractivity contribution in [2.24, 2.45) is 5.73 Å². The van der Waals surface area contributed by atoms with Crippen molar-refractivity contribution < 1.29 is 9.90 Å². The van der Waals surface area contributed by atoms with Crippen molar-refractivity contribution in [3.8, 4) is 0 Å². The lowest BCUT2D eigenvalue weighted by Gasteiger charge is -1.97. The van der Waals surface area contributed by atoms with Crippen molar-refractivity contribution in [3.63, 3.8) is 0 Å². The number of urea groups is 1. The summed E-state index contributed by atoms with van der Waals surface area (Å²) in [6.07, 6.45) is -1.10. The molecule has 0 aliphatic rings. The van der Waals surface area contributed by atoms with Gasteiger partial charge in [0.2, 0.25) is 0 Å². The average molecular weight is 103 g/mol. The van der Waals surface area contributed by atoms with E-state index in [1.807, 2.05) is 5.32 Å². The lowest BCUT2D eigenvalue weighted by Crippen LogP contribution is -2.35. The summed E-state index contributed by atoms with van der Waals surface area (Å²) in [4.78, 5) is 9.72. The number of amides is 2. The van der Waals surface area contributed by atoms with Crippen LogP contribution in [0.1, 0.15) is 6.92 Å². The molecule has 7 heavy (non-hydrogen) atoms. The molecule has 0 bridgehead atoms. The molecule has 4 nitrogen and oxygen atoms in total. The van der Waals surface area contributed by atoms with Gasteiger partial charge in [-0.2, -0.15) is 0 Å². The molecule has 0 saturated carbocycles. The number of carbonyl (C=O) groups is 1. The van der Waals surface area contributed by atoms with E-state index in [2.05, 4.69) is 5.73 Å². The van der Waals surface area contributed by atoms with Crippen LogP contribution >= 0.6 is 0 Å². The van der Waals surface area contributed by atoms with Gasteiger partial charge in [0.05, 0.1) is 0 Å². The minimum atomic E-state index is -1.10. The van der Waals surface area contributed by atoms with Gasteiger partial charge in [-0.25, -0.2) is 9.90 Å². The predicted octanol–water partition coefficient (Wildman–Crippen LogP) is -0.569. The summed E-state index contributed by atoms with van der Waals surface area (Å²) < 4.78 is 0. The van der Waals surface area contributed by atoms with Gasteiger partial charge in [0.1, 0.15) is 0 Å². The fourth-order valence-electron chi connectivity index (χ4n) is 0.200. The monoisotopic (exact) mass is 103 g/mol. The second-order valence-corrected chi connectivity index (χ2v) is 1.15. The topological polar surface area (TPSA) is 75.0 Å². The molecule has 1 unspecified atom stereocenters. The SMILES string of the molecule is CC([O])NC(N)=O. The minimum absolute atomic E-state index is 0.775. The van der Waals surface area contributed by atoms with E-state index < -0.39 is 12.3 Å². The number of rotatable bonds is 1. The number of carbonyl (C=O) groups excluding carboxylic acids is 1. The molecule has 0 aromatic rings. The van der Waals surface area contributed by atoms with Crippen LogP contribution in [-0.2, 0) is 5.11 Å². The molecule has 4 heteroatoms. The third-order valence-corrected chi connectivity index (χ3v) is 0.346. The van der Waals surface area contributed by atoms with Crippen molar-refractivity contribution in [2.45, 2.75) is 13.2 Å². The van der Waals surface area contributed by atoms with Gasteiger partial charge in [-0.1, -0.05) is 0 Å². The second kappa shape index (κ2) is 2.41. The largest absolute Gasteiger partial charge is 0.352 e. The Bertz CT molecular complexity index is 71.3. The zero-order valence-corrected chi connectivity index (χ0v) is 3.97. The van der Waals surface area contributed by atoms with E-state index in [1.165, 1.54) is 6.92 Å². The highest BCUT2D eigenvalue weighted by atomic mass is 16.3. The molecule has 0 fully saturated rings. The third kappa shape index (κ3) is 5.23. The Morgan fingerprint density at radius 3 is 2.29 bits per heavy atom. The van der Waals surface area contributed by atoms with E-state index in [0.29, 0.717) is 0 Å². The van der Waals surface area contributed by atoms with Crippen molar-refractivity contribution in [1.82, 2.24) is 5.32 Å². The van der Waals surface area contributed by atoms with E-state index in [9.17, 15) is 9.90 Å². The molecular weight excluding hydrogens is 96.0 g/mol. The first kappa shape index (κ1) is 6.23. The van der Waals surface area contributed by atoms with Gasteiger partial charge in [-0.3, -0.25) is 0 Å². The van der Waals surface area contributed by atoms with Crippen LogP contribution in [0.2, 0.25) is 0 Å². The molecule has 0 aromatic carbocycles. The van der Waals surface area contributed by atoms with Crippen molar-refractivity contribution in [2.75, 3.05) is 0 Å². The maximum Gasteiger partial charge on any atom is 0.314 e. The molecule has 0 spiro atoms. The van der Waals surface area contributed by atoms with Gasteiger partial charge in [-0.05, 0) is 6.92 Å². The van der Waals surface area contributed by atoms with E-state index in [-0.39, 0.29) is 0 Å². The van der Waals surface area contributed by atoms with E-state index in [1.54, 1.807) is 0 Å². The fraction of sp³-hybridized carbons (Fsp3) is 0.667. The Balaban J connectivity index is 3.13. The predicted molar refractivity (Wildman–Crippen MR) is 22.9 cm³/mol. The Morgan fingerprint density at radius 1 is 1.86 bits per heavy atom. The highest BCUT2D eigenvalue weighted by Crippen LogP contribution is 1.67. The van der Waals surface area contributed by atoms with Gasteiger partial charge in [0.25, 0.3) is 0 Å². The molecule has 0 heterocycles. The van der Waals surface area contributed by atoms with Crippen molar-refractivity contribution >= 4 is 6.03 Å². The molecule has 2 amide bonds. The van der Waals surface area contributed by atoms with Crippen molar-refractivity contribution in [1.29, 1.82) is 0 Å². The Morgan fingerprint density at radius 2 is 2.29 bits per heavy atom. The molecule has 41 valence electrons. The fourth-order valence-corrected chi connectivity index (χ4v) is 0.200. The summed E-state index contributed by atoms with van der Waals surface area (Å²) >= 11 is 0. The Kier molecular flexibility index (Phi) is 2.15. The number of hydrogen-bond donors (Lipinski definition) is 2. The molecule has 0 rings (SSSR count). The summed E-state index contributed by atoms with van der Waals surface area (Å²) in [5.41, 5.74) is 4.54. The van der Waals surface area contributed by atoms with E-state index in [4.69, 9.17) is 0 Å². The quantitative estimate of drug-likeness (QED) is 0.428. The van der Waals surface area contributed by atoms with Crippen LogP contribution in [0.4, 0.5) is 4.79 Å². The smallest absolute Gasteiger partial charge is 0.314 e. The summed E-state index contributed by atoms with van der Waals surface area (Å²) in [5, 5.41) is 11.8. The highest BCUT2D eigenvalue weighted by Gasteiger charge is 1.95. The van der Waals surface area contributed by atoms with Crippen LogP contribution in [0.25, 0.3) is 0 Å². The first-order valence-electron chi connectivity index (χ1n) is 1.84. The van der Waals surface area contributed by atoms with Gasteiger partial charge < -0.3 is 11.1 Å². The zero-order valence-electron chi connectivity index (χ0n) is 3.97. The highest BCUT2D eigenvalue weighted by molar-refractivity contribution is 5.71. The first-order chi connectivity index (χ1) is 3.13. The Labute approximate surface area is 41.3 Å². The van der Waals surface area contributed by atoms with Crippen LogP contribution in [-0.4, -0.2) is 12.3 Å². The number of hydrogen-bond acceptors (Lipinski definition) is 1. The summed E-state index contributed by atoms with van der Waals surface area (Å²) in [7, 11) is 0. The van der Waals surface area contributed by atoms with Crippen molar-refractivity contribution in [3.05, 3.63) is 0 Å². The van der Waals surface area contributed by atoms with Gasteiger partial charge in [-0.15, -0.1) is 0 Å². The molecule has 1 atom stereocenters. The molecule has 0 aromatic heterocycles. The molecule has 3 N–H and O–H groups in total. The first-order valence-corrected chi connectivity index (χ1v) is 1.84. The van der Waals surface area contributed by atoms with Crippen LogP contribution in [0.15, 0.2) is 0 Å². The van der Waals surface area contributed by atoms with E-state index in [0.717, 1.165) is 0 Å². The number of primary amides is 1. The maximum absolute atomic E-state index is 9.93. The second-order valence-electron chi connectivity index (χ2n) is 1.15. The lowest BCUT2D eigenvalue weighted by atomic mass is 10.7. The van der Waals surface area contributed by atoms with Gasteiger partial charge in [0.15, 0.2) is 6.23 Å². The molecule has 0 aliphatic heterocycles. The van der Waals surface area contributed by atoms with Crippen LogP contribution in [0.3, 0.4) is 0 Å². The third-order valence-electron chi connectivity index (χ3n) is 0.346. The van der Waals surface area contributed by atoms with Crippen LogP contribution < -0.4 is 11.1 Å². The summed E-state index contributed by atoms with van der Waals surface area (Å²) in [6.45, 7) is 1.30. The lowest BCUT2D eigenvalue weighted by molar-refractivity contribution is 0.0846. The van der Waals surface area contributed by atoms with Gasteiger partial charge >= 0.3 is 6.03 Å². The molecular formula is C3H7N2O2. The number of nitrogens with two attached hydrogens (primary N) is 1. The zero-order chi connectivity index (χ0) is 5.86. The average Bonchev–Trinajstić information content (AvgIpc) is 1.27. The summed E-state index contributed by atoms with van der Waals surface area (Å²) in [6, 6.07) is -0.775. The molecule has 0 aliphatic carbocycles. The van der Waals surface area contributed by atoms with Crippen LogP contribution in [0.5, 0.6) is 0 Å².